The van der Waals surface area contributed by atoms with E-state index in [0.29, 0.717) is 5.69 Å². The van der Waals surface area contributed by atoms with Crippen molar-refractivity contribution in [1.29, 1.82) is 0 Å². The number of aromatic nitrogens is 2. The van der Waals surface area contributed by atoms with Gasteiger partial charge in [0.2, 0.25) is 0 Å². The third-order valence-corrected chi connectivity index (χ3v) is 2.98. The molecule has 0 saturated carbocycles. The van der Waals surface area contributed by atoms with Crippen molar-refractivity contribution < 1.29 is 0 Å². The molecular formula is C13H13BrN2O. The van der Waals surface area contributed by atoms with Gasteiger partial charge >= 0.3 is 0 Å². The third-order valence-electron chi connectivity index (χ3n) is 2.45. The molecule has 0 spiro atoms. The van der Waals surface area contributed by atoms with Crippen LogP contribution in [0.2, 0.25) is 0 Å². The van der Waals surface area contributed by atoms with Crippen molar-refractivity contribution in [2.24, 2.45) is 0 Å². The van der Waals surface area contributed by atoms with E-state index in [2.05, 4.69) is 25.9 Å². The first-order valence-corrected chi connectivity index (χ1v) is 6.23. The van der Waals surface area contributed by atoms with Crippen LogP contribution in [-0.4, -0.2) is 9.97 Å². The van der Waals surface area contributed by atoms with Crippen molar-refractivity contribution >= 4 is 15.9 Å². The van der Waals surface area contributed by atoms with Gasteiger partial charge in [0.05, 0.1) is 5.69 Å². The second-order valence-electron chi connectivity index (χ2n) is 4.18. The van der Waals surface area contributed by atoms with Crippen LogP contribution in [0, 0.1) is 0 Å². The van der Waals surface area contributed by atoms with E-state index < -0.39 is 0 Å². The summed E-state index contributed by atoms with van der Waals surface area (Å²) in [7, 11) is 0. The van der Waals surface area contributed by atoms with Gasteiger partial charge in [-0.3, -0.25) is 4.79 Å². The molecule has 17 heavy (non-hydrogen) atoms. The molecule has 2 aromatic rings. The molecule has 88 valence electrons. The first kappa shape index (κ1) is 12.0. The number of nitrogens with one attached hydrogen (secondary N) is 1. The summed E-state index contributed by atoms with van der Waals surface area (Å²) < 4.78 is 1.01. The maximum Gasteiger partial charge on any atom is 0.251 e. The van der Waals surface area contributed by atoms with Gasteiger partial charge in [-0.2, -0.15) is 0 Å². The summed E-state index contributed by atoms with van der Waals surface area (Å²) in [4.78, 5) is 18.8. The second kappa shape index (κ2) is 4.84. The van der Waals surface area contributed by atoms with Gasteiger partial charge in [0.25, 0.3) is 5.56 Å². The summed E-state index contributed by atoms with van der Waals surface area (Å²) in [6.45, 7) is 4.01. The lowest BCUT2D eigenvalue weighted by Gasteiger charge is -2.06. The summed E-state index contributed by atoms with van der Waals surface area (Å²) in [5.74, 6) is 0.925. The van der Waals surface area contributed by atoms with E-state index in [4.69, 9.17) is 0 Å². The van der Waals surface area contributed by atoms with Crippen molar-refractivity contribution in [2.45, 2.75) is 19.8 Å². The van der Waals surface area contributed by atoms with Crippen LogP contribution in [0.5, 0.6) is 0 Å². The van der Waals surface area contributed by atoms with Crippen LogP contribution in [0.15, 0.2) is 39.6 Å². The number of H-pyrrole nitrogens is 1. The predicted octanol–water partition coefficient (Wildman–Crippen LogP) is 3.32. The maximum atomic E-state index is 11.6. The van der Waals surface area contributed by atoms with Crippen LogP contribution in [0.25, 0.3) is 11.3 Å². The van der Waals surface area contributed by atoms with E-state index in [1.165, 1.54) is 6.07 Å². The lowest BCUT2D eigenvalue weighted by atomic mass is 10.1. The molecule has 4 heteroatoms. The quantitative estimate of drug-likeness (QED) is 0.923. The molecule has 1 heterocycles. The van der Waals surface area contributed by atoms with Gasteiger partial charge in [-0.1, -0.05) is 41.9 Å². The third kappa shape index (κ3) is 2.82. The predicted molar refractivity (Wildman–Crippen MR) is 72.1 cm³/mol. The lowest BCUT2D eigenvalue weighted by molar-refractivity contribution is 0.768. The second-order valence-corrected chi connectivity index (χ2v) is 5.09. The Hall–Kier alpha value is -1.42. The van der Waals surface area contributed by atoms with E-state index in [0.717, 1.165) is 15.9 Å². The molecule has 0 radical (unpaired) electrons. The van der Waals surface area contributed by atoms with Gasteiger partial charge in [-0.05, 0) is 12.1 Å². The fraction of sp³-hybridized carbons (Fsp3) is 0.231. The Bertz CT molecular complexity index is 573. The van der Waals surface area contributed by atoms with Crippen molar-refractivity contribution in [3.05, 3.63) is 51.0 Å². The minimum Gasteiger partial charge on any atom is -0.310 e. The Balaban J connectivity index is 2.52. The molecule has 1 aromatic carbocycles. The van der Waals surface area contributed by atoms with Crippen molar-refractivity contribution in [1.82, 2.24) is 9.97 Å². The van der Waals surface area contributed by atoms with E-state index in [1.54, 1.807) is 0 Å². The minimum absolute atomic E-state index is 0.110. The molecule has 0 aliphatic rings. The topological polar surface area (TPSA) is 45.8 Å². The molecule has 0 fully saturated rings. The van der Waals surface area contributed by atoms with Gasteiger partial charge in [0.15, 0.2) is 0 Å². The molecule has 0 amide bonds. The van der Waals surface area contributed by atoms with Crippen LogP contribution in [0.3, 0.4) is 0 Å². The zero-order valence-electron chi connectivity index (χ0n) is 9.70. The Morgan fingerprint density at radius 1 is 1.24 bits per heavy atom. The van der Waals surface area contributed by atoms with E-state index in [-0.39, 0.29) is 11.5 Å². The highest BCUT2D eigenvalue weighted by Gasteiger charge is 2.06. The molecular weight excluding hydrogens is 280 g/mol. The van der Waals surface area contributed by atoms with Gasteiger partial charge in [0, 0.05) is 22.0 Å². The average molecular weight is 293 g/mol. The smallest absolute Gasteiger partial charge is 0.251 e. The fourth-order valence-corrected chi connectivity index (χ4v) is 1.78. The molecule has 1 N–H and O–H groups in total. The van der Waals surface area contributed by atoms with Crippen molar-refractivity contribution in [3.8, 4) is 11.3 Å². The molecule has 0 saturated heterocycles. The normalized spacial score (nSPS) is 10.8. The van der Waals surface area contributed by atoms with E-state index >= 15 is 0 Å². The Labute approximate surface area is 108 Å². The number of hydrogen-bond acceptors (Lipinski definition) is 2. The number of rotatable bonds is 2. The van der Waals surface area contributed by atoms with Crippen LogP contribution in [0.4, 0.5) is 0 Å². The first-order valence-electron chi connectivity index (χ1n) is 5.43. The zero-order chi connectivity index (χ0) is 12.4. The molecule has 0 aliphatic heterocycles. The summed E-state index contributed by atoms with van der Waals surface area (Å²) in [6, 6.07) is 9.28. The van der Waals surface area contributed by atoms with Crippen LogP contribution >= 0.6 is 15.9 Å². The SMILES string of the molecule is CC(C)c1nc(-c2ccc(Br)cc2)cc(=O)[nH]1. The average Bonchev–Trinajstić information content (AvgIpc) is 2.29. The van der Waals surface area contributed by atoms with Crippen LogP contribution < -0.4 is 5.56 Å². The fourth-order valence-electron chi connectivity index (χ4n) is 1.52. The summed E-state index contributed by atoms with van der Waals surface area (Å²) in [5, 5.41) is 0. The summed E-state index contributed by atoms with van der Waals surface area (Å²) >= 11 is 3.38. The molecule has 0 aliphatic carbocycles. The van der Waals surface area contributed by atoms with Crippen molar-refractivity contribution in [3.63, 3.8) is 0 Å². The highest BCUT2D eigenvalue weighted by atomic mass is 79.9. The number of hydrogen-bond donors (Lipinski definition) is 1. The van der Waals surface area contributed by atoms with Crippen LogP contribution in [0.1, 0.15) is 25.6 Å². The first-order chi connectivity index (χ1) is 8.06. The summed E-state index contributed by atoms with van der Waals surface area (Å²) in [6.07, 6.45) is 0. The Kier molecular flexibility index (Phi) is 3.43. The molecule has 0 atom stereocenters. The van der Waals surface area contributed by atoms with Gasteiger partial charge in [-0.15, -0.1) is 0 Å². The minimum atomic E-state index is -0.110. The van der Waals surface area contributed by atoms with E-state index in [9.17, 15) is 4.79 Å². The molecule has 0 unspecified atom stereocenters. The monoisotopic (exact) mass is 292 g/mol. The Morgan fingerprint density at radius 3 is 2.47 bits per heavy atom. The van der Waals surface area contributed by atoms with Gasteiger partial charge in [0.1, 0.15) is 5.82 Å². The van der Waals surface area contributed by atoms with Gasteiger partial charge in [-0.25, -0.2) is 4.98 Å². The molecule has 2 rings (SSSR count). The lowest BCUT2D eigenvalue weighted by Crippen LogP contribution is -2.12. The number of aromatic amines is 1. The van der Waals surface area contributed by atoms with Crippen molar-refractivity contribution in [2.75, 3.05) is 0 Å². The van der Waals surface area contributed by atoms with E-state index in [1.807, 2.05) is 38.1 Å². The largest absolute Gasteiger partial charge is 0.310 e. The molecule has 1 aromatic heterocycles. The zero-order valence-corrected chi connectivity index (χ0v) is 11.3. The Morgan fingerprint density at radius 2 is 1.88 bits per heavy atom. The number of nitrogens with zero attached hydrogens (tertiary/aromatic N) is 1. The highest BCUT2D eigenvalue weighted by Crippen LogP contribution is 2.20. The van der Waals surface area contributed by atoms with Gasteiger partial charge < -0.3 is 4.98 Å². The summed E-state index contributed by atoms with van der Waals surface area (Å²) in [5.41, 5.74) is 1.55. The highest BCUT2D eigenvalue weighted by molar-refractivity contribution is 9.10. The molecule has 0 bridgehead atoms. The molecule has 3 nitrogen and oxygen atoms in total. The number of benzene rings is 1. The standard InChI is InChI=1S/C13H13BrN2O/c1-8(2)13-15-11(7-12(17)16-13)9-3-5-10(14)6-4-9/h3-8H,1-2H3,(H,15,16,17). The van der Waals surface area contributed by atoms with Crippen LogP contribution in [-0.2, 0) is 0 Å². The number of halogens is 1. The maximum absolute atomic E-state index is 11.6.